The van der Waals surface area contributed by atoms with Crippen LogP contribution in [0.4, 0.5) is 0 Å². The Morgan fingerprint density at radius 3 is 1.52 bits per heavy atom. The average Bonchev–Trinajstić information content (AvgIpc) is 2.56. The van der Waals surface area contributed by atoms with Crippen molar-refractivity contribution in [3.63, 3.8) is 0 Å². The minimum atomic E-state index is -1.61. The van der Waals surface area contributed by atoms with Gasteiger partial charge in [0.2, 0.25) is 0 Å². The van der Waals surface area contributed by atoms with Gasteiger partial charge in [0.05, 0.1) is 13.2 Å². The Bertz CT molecular complexity index is 423. The van der Waals surface area contributed by atoms with E-state index in [9.17, 15) is 9.59 Å². The van der Waals surface area contributed by atoms with E-state index >= 15 is 0 Å². The van der Waals surface area contributed by atoms with Crippen molar-refractivity contribution in [1.29, 1.82) is 0 Å². The predicted molar refractivity (Wildman–Crippen MR) is 90.2 cm³/mol. The van der Waals surface area contributed by atoms with Crippen molar-refractivity contribution in [2.24, 2.45) is 17.3 Å². The molecule has 0 aliphatic rings. The zero-order valence-corrected chi connectivity index (χ0v) is 14.7. The molecule has 128 valence electrons. The Morgan fingerprint density at radius 2 is 1.26 bits per heavy atom. The van der Waals surface area contributed by atoms with Gasteiger partial charge in [0.1, 0.15) is 0 Å². The number of ether oxygens (including phenoxy) is 2. The normalized spacial score (nSPS) is 13.3. The third kappa shape index (κ3) is 6.37. The summed E-state index contributed by atoms with van der Waals surface area (Å²) in [5, 5.41) is 0. The van der Waals surface area contributed by atoms with Gasteiger partial charge in [-0.15, -0.1) is 24.7 Å². The SMILES string of the molecule is C#CCC(CC#C)(C(=O)OC[C@@H](C)CC)C(=O)OC[C@@H](C)CC. The Labute approximate surface area is 140 Å². The maximum Gasteiger partial charge on any atom is 0.325 e. The summed E-state index contributed by atoms with van der Waals surface area (Å²) in [4.78, 5) is 25.0. The van der Waals surface area contributed by atoms with Crippen LogP contribution >= 0.6 is 0 Å². The first-order valence-electron chi connectivity index (χ1n) is 8.09. The van der Waals surface area contributed by atoms with Gasteiger partial charge < -0.3 is 9.47 Å². The molecule has 0 heterocycles. The first kappa shape index (κ1) is 21.1. The van der Waals surface area contributed by atoms with Crippen LogP contribution in [0.25, 0.3) is 0 Å². The zero-order chi connectivity index (χ0) is 17.9. The molecule has 0 fully saturated rings. The lowest BCUT2D eigenvalue weighted by Crippen LogP contribution is -2.42. The van der Waals surface area contributed by atoms with Crippen LogP contribution in [-0.4, -0.2) is 25.2 Å². The van der Waals surface area contributed by atoms with Gasteiger partial charge >= 0.3 is 11.9 Å². The largest absolute Gasteiger partial charge is 0.465 e. The smallest absolute Gasteiger partial charge is 0.325 e. The Kier molecular flexibility index (Phi) is 9.83. The minimum Gasteiger partial charge on any atom is -0.465 e. The first-order valence-corrected chi connectivity index (χ1v) is 8.09. The first-order chi connectivity index (χ1) is 10.9. The molecule has 0 spiro atoms. The highest BCUT2D eigenvalue weighted by atomic mass is 16.6. The highest BCUT2D eigenvalue weighted by Crippen LogP contribution is 2.30. The standard InChI is InChI=1S/C19H28O4/c1-7-11-19(12-8-2,17(20)22-13-15(5)9-3)18(21)23-14-16(6)10-4/h1-2,15-16H,9-14H2,3-6H3/t15-,16-/m0/s1. The molecule has 4 nitrogen and oxygen atoms in total. The summed E-state index contributed by atoms with van der Waals surface area (Å²) in [5.41, 5.74) is -1.61. The van der Waals surface area contributed by atoms with Gasteiger partial charge in [0.25, 0.3) is 0 Å². The molecule has 0 saturated carbocycles. The van der Waals surface area contributed by atoms with E-state index in [-0.39, 0.29) is 37.9 Å². The number of terminal acetylenes is 2. The Balaban J connectivity index is 5.21. The third-order valence-electron chi connectivity index (χ3n) is 3.98. The minimum absolute atomic E-state index is 0.129. The number of carbonyl (C=O) groups excluding carboxylic acids is 2. The van der Waals surface area contributed by atoms with Crippen LogP contribution in [0.1, 0.15) is 53.4 Å². The van der Waals surface area contributed by atoms with Crippen molar-refractivity contribution in [2.75, 3.05) is 13.2 Å². The number of hydrogen-bond donors (Lipinski definition) is 0. The zero-order valence-electron chi connectivity index (χ0n) is 14.7. The summed E-state index contributed by atoms with van der Waals surface area (Å²) in [6, 6.07) is 0. The average molecular weight is 320 g/mol. The van der Waals surface area contributed by atoms with E-state index in [0.29, 0.717) is 0 Å². The van der Waals surface area contributed by atoms with Gasteiger partial charge in [-0.2, -0.15) is 0 Å². The van der Waals surface area contributed by atoms with E-state index in [2.05, 4.69) is 11.8 Å². The van der Waals surface area contributed by atoms with Crippen LogP contribution in [0.15, 0.2) is 0 Å². The fraction of sp³-hybridized carbons (Fsp3) is 0.684. The molecule has 0 rings (SSSR count). The molecule has 0 aromatic heterocycles. The molecule has 0 aromatic rings. The van der Waals surface area contributed by atoms with E-state index < -0.39 is 17.4 Å². The number of esters is 2. The molecule has 0 bridgehead atoms. The number of carbonyl (C=O) groups is 2. The van der Waals surface area contributed by atoms with Crippen LogP contribution in [0.3, 0.4) is 0 Å². The predicted octanol–water partition coefficient (Wildman–Crippen LogP) is 3.20. The van der Waals surface area contributed by atoms with Crippen molar-refractivity contribution >= 4 is 11.9 Å². The van der Waals surface area contributed by atoms with Crippen molar-refractivity contribution < 1.29 is 19.1 Å². The summed E-state index contributed by atoms with van der Waals surface area (Å²) in [6.07, 6.45) is 12.2. The topological polar surface area (TPSA) is 52.6 Å². The molecule has 2 atom stereocenters. The van der Waals surface area contributed by atoms with Gasteiger partial charge in [-0.25, -0.2) is 0 Å². The van der Waals surface area contributed by atoms with Gasteiger partial charge in [-0.1, -0.05) is 40.5 Å². The van der Waals surface area contributed by atoms with Gasteiger partial charge in [0.15, 0.2) is 5.41 Å². The summed E-state index contributed by atoms with van der Waals surface area (Å²) in [7, 11) is 0. The van der Waals surface area contributed by atoms with Crippen LogP contribution in [-0.2, 0) is 19.1 Å². The van der Waals surface area contributed by atoms with E-state index in [4.69, 9.17) is 22.3 Å². The van der Waals surface area contributed by atoms with Gasteiger partial charge in [-0.3, -0.25) is 9.59 Å². The molecular formula is C19H28O4. The lowest BCUT2D eigenvalue weighted by Gasteiger charge is -2.27. The van der Waals surface area contributed by atoms with Gasteiger partial charge in [0, 0.05) is 12.8 Å². The van der Waals surface area contributed by atoms with E-state index in [1.807, 2.05) is 27.7 Å². The lowest BCUT2D eigenvalue weighted by atomic mass is 9.81. The van der Waals surface area contributed by atoms with Crippen LogP contribution < -0.4 is 0 Å². The second kappa shape index (κ2) is 10.7. The van der Waals surface area contributed by atoms with Crippen molar-refractivity contribution in [2.45, 2.75) is 53.4 Å². The molecule has 23 heavy (non-hydrogen) atoms. The van der Waals surface area contributed by atoms with E-state index in [0.717, 1.165) is 12.8 Å². The Hall–Kier alpha value is -1.94. The van der Waals surface area contributed by atoms with Crippen molar-refractivity contribution in [1.82, 2.24) is 0 Å². The summed E-state index contributed by atoms with van der Waals surface area (Å²) >= 11 is 0. The molecule has 0 radical (unpaired) electrons. The van der Waals surface area contributed by atoms with Gasteiger partial charge in [-0.05, 0) is 11.8 Å². The summed E-state index contributed by atoms with van der Waals surface area (Å²) < 4.78 is 10.6. The summed E-state index contributed by atoms with van der Waals surface area (Å²) in [6.45, 7) is 8.36. The van der Waals surface area contributed by atoms with E-state index in [1.165, 1.54) is 0 Å². The lowest BCUT2D eigenvalue weighted by molar-refractivity contribution is -0.173. The van der Waals surface area contributed by atoms with Crippen LogP contribution in [0.5, 0.6) is 0 Å². The third-order valence-corrected chi connectivity index (χ3v) is 3.98. The molecule has 0 saturated heterocycles. The van der Waals surface area contributed by atoms with Crippen molar-refractivity contribution in [3.8, 4) is 24.7 Å². The molecule has 0 unspecified atom stereocenters. The molecule has 4 heteroatoms. The molecule has 0 amide bonds. The van der Waals surface area contributed by atoms with Crippen LogP contribution in [0, 0.1) is 41.9 Å². The fourth-order valence-corrected chi connectivity index (χ4v) is 1.73. The molecular weight excluding hydrogens is 292 g/mol. The second-order valence-corrected chi connectivity index (χ2v) is 6.07. The maximum atomic E-state index is 12.5. The molecule has 0 aliphatic heterocycles. The highest BCUT2D eigenvalue weighted by Gasteiger charge is 2.48. The molecule has 0 aliphatic carbocycles. The summed E-state index contributed by atoms with van der Waals surface area (Å²) in [5.74, 6) is 3.74. The van der Waals surface area contributed by atoms with Crippen molar-refractivity contribution in [3.05, 3.63) is 0 Å². The molecule has 0 aromatic carbocycles. The fourth-order valence-electron chi connectivity index (χ4n) is 1.73. The Morgan fingerprint density at radius 1 is 0.913 bits per heavy atom. The number of rotatable bonds is 10. The highest BCUT2D eigenvalue weighted by molar-refractivity contribution is 6.00. The van der Waals surface area contributed by atoms with Crippen LogP contribution in [0.2, 0.25) is 0 Å². The maximum absolute atomic E-state index is 12.5. The quantitative estimate of drug-likeness (QED) is 0.352. The number of hydrogen-bond acceptors (Lipinski definition) is 4. The second-order valence-electron chi connectivity index (χ2n) is 6.07. The molecule has 0 N–H and O–H groups in total. The van der Waals surface area contributed by atoms with E-state index in [1.54, 1.807) is 0 Å². The monoisotopic (exact) mass is 320 g/mol.